The zero-order valence-corrected chi connectivity index (χ0v) is 23.0. The van der Waals surface area contributed by atoms with Crippen molar-refractivity contribution in [1.82, 2.24) is 0 Å². The molecule has 1 atom stereocenters. The van der Waals surface area contributed by atoms with Crippen LogP contribution in [0.25, 0.3) is 16.7 Å². The van der Waals surface area contributed by atoms with Crippen LogP contribution in [0.2, 0.25) is 0 Å². The molecule has 0 bridgehead atoms. The fourth-order valence-corrected chi connectivity index (χ4v) is 6.07. The van der Waals surface area contributed by atoms with E-state index in [0.29, 0.717) is 24.6 Å². The minimum Gasteiger partial charge on any atom is -0.489 e. The molecule has 0 N–H and O–H groups in total. The molecule has 1 saturated heterocycles. The predicted molar refractivity (Wildman–Crippen MR) is 154 cm³/mol. The highest BCUT2D eigenvalue weighted by molar-refractivity contribution is 5.85. The number of hydrogen-bond donors (Lipinski definition) is 0. The molecular weight excluding hydrogens is 473 g/mol. The number of ether oxygens (including phenoxy) is 1. The van der Waals surface area contributed by atoms with Crippen LogP contribution >= 0.6 is 0 Å². The van der Waals surface area contributed by atoms with E-state index in [0.717, 1.165) is 65.9 Å². The Morgan fingerprint density at radius 2 is 1.82 bits per heavy atom. The molecule has 1 heterocycles. The first kappa shape index (κ1) is 26.2. The smallest absolute Gasteiger partial charge is 0.131 e. The summed E-state index contributed by atoms with van der Waals surface area (Å²) in [5, 5.41) is 0. The van der Waals surface area contributed by atoms with Crippen LogP contribution in [-0.2, 0) is 11.4 Å². The third-order valence-corrected chi connectivity index (χ3v) is 8.11. The number of rotatable bonds is 8. The van der Waals surface area contributed by atoms with Crippen molar-refractivity contribution in [1.29, 1.82) is 0 Å². The lowest BCUT2D eigenvalue weighted by Gasteiger charge is -2.26. The minimum atomic E-state index is -0.194. The van der Waals surface area contributed by atoms with Gasteiger partial charge in [0.25, 0.3) is 0 Å². The summed E-state index contributed by atoms with van der Waals surface area (Å²) in [5.74, 6) is 0.863. The van der Waals surface area contributed by atoms with Crippen LogP contribution in [0.3, 0.4) is 0 Å². The van der Waals surface area contributed by atoms with Gasteiger partial charge in [0.2, 0.25) is 0 Å². The van der Waals surface area contributed by atoms with Gasteiger partial charge in [-0.3, -0.25) is 4.79 Å². The SMILES string of the molecule is CC(=O)CC1CCCN1c1ccc(OCc2ccc(-c3cc(C)ccc3F)c(C3=CCCC3(C)C)c2)cc1. The molecule has 1 fully saturated rings. The van der Waals surface area contributed by atoms with Crippen LogP contribution in [-0.4, -0.2) is 18.4 Å². The van der Waals surface area contributed by atoms with E-state index >= 15 is 0 Å². The summed E-state index contributed by atoms with van der Waals surface area (Å²) in [6.45, 7) is 9.64. The van der Waals surface area contributed by atoms with Gasteiger partial charge in [-0.1, -0.05) is 43.7 Å². The van der Waals surface area contributed by atoms with Gasteiger partial charge in [-0.2, -0.15) is 0 Å². The molecule has 1 aliphatic carbocycles. The van der Waals surface area contributed by atoms with E-state index < -0.39 is 0 Å². The van der Waals surface area contributed by atoms with E-state index in [2.05, 4.69) is 43.0 Å². The Hall–Kier alpha value is -3.40. The van der Waals surface area contributed by atoms with Gasteiger partial charge in [0.1, 0.15) is 24.0 Å². The Labute approximate surface area is 226 Å². The first-order valence-corrected chi connectivity index (χ1v) is 13.8. The van der Waals surface area contributed by atoms with Crippen molar-refractivity contribution in [2.45, 2.75) is 72.4 Å². The standard InChI is InChI=1S/C34H38FNO2/c1-23-9-16-33(35)31(19-23)29-15-10-25(21-30(29)32-8-5-17-34(32,3)4)22-38-28-13-11-26(12-14-28)36-18-6-7-27(36)20-24(2)37/h8-16,19,21,27H,5-7,17-18,20,22H2,1-4H3. The number of carbonyl (C=O) groups excluding carboxylic acids is 1. The first-order valence-electron chi connectivity index (χ1n) is 13.8. The van der Waals surface area contributed by atoms with Crippen molar-refractivity contribution in [3.05, 3.63) is 89.2 Å². The second-order valence-electron chi connectivity index (χ2n) is 11.6. The van der Waals surface area contributed by atoms with Crippen molar-refractivity contribution >= 4 is 17.0 Å². The van der Waals surface area contributed by atoms with E-state index in [-0.39, 0.29) is 17.0 Å². The molecule has 38 heavy (non-hydrogen) atoms. The second-order valence-corrected chi connectivity index (χ2v) is 11.6. The van der Waals surface area contributed by atoms with Crippen LogP contribution in [0.1, 0.15) is 69.6 Å². The van der Waals surface area contributed by atoms with Crippen LogP contribution in [0.15, 0.2) is 66.7 Å². The van der Waals surface area contributed by atoms with Gasteiger partial charge in [0.05, 0.1) is 0 Å². The number of benzene rings is 3. The van der Waals surface area contributed by atoms with Gasteiger partial charge in [0.15, 0.2) is 0 Å². The van der Waals surface area contributed by atoms with Crippen molar-refractivity contribution in [3.8, 4) is 16.9 Å². The van der Waals surface area contributed by atoms with Crippen LogP contribution in [0, 0.1) is 18.2 Å². The van der Waals surface area contributed by atoms with Gasteiger partial charge in [-0.15, -0.1) is 0 Å². The molecule has 0 spiro atoms. The number of Topliss-reactive ketones (excluding diaryl/α,β-unsaturated/α-hetero) is 1. The molecule has 0 aromatic heterocycles. The number of nitrogens with zero attached hydrogens (tertiary/aromatic N) is 1. The highest BCUT2D eigenvalue weighted by Gasteiger charge is 2.30. The summed E-state index contributed by atoms with van der Waals surface area (Å²) in [6.07, 6.45) is 7.23. The molecule has 1 aliphatic heterocycles. The summed E-state index contributed by atoms with van der Waals surface area (Å²) >= 11 is 0. The van der Waals surface area contributed by atoms with E-state index in [1.165, 1.54) is 5.57 Å². The fraction of sp³-hybridized carbons (Fsp3) is 0.382. The summed E-state index contributed by atoms with van der Waals surface area (Å²) in [4.78, 5) is 14.0. The average molecular weight is 512 g/mol. The number of hydrogen-bond acceptors (Lipinski definition) is 3. The second kappa shape index (κ2) is 10.8. The summed E-state index contributed by atoms with van der Waals surface area (Å²) < 4.78 is 21.1. The van der Waals surface area contributed by atoms with E-state index in [1.807, 2.05) is 43.3 Å². The van der Waals surface area contributed by atoms with Gasteiger partial charge in [-0.25, -0.2) is 4.39 Å². The van der Waals surface area contributed by atoms with Crippen molar-refractivity contribution in [2.75, 3.05) is 11.4 Å². The number of ketones is 1. The first-order chi connectivity index (χ1) is 18.2. The quantitative estimate of drug-likeness (QED) is 0.303. The Morgan fingerprint density at radius 1 is 1.03 bits per heavy atom. The third kappa shape index (κ3) is 5.55. The molecular formula is C34H38FNO2. The lowest BCUT2D eigenvalue weighted by atomic mass is 9.79. The average Bonchev–Trinajstić information content (AvgIpc) is 3.49. The fourth-order valence-electron chi connectivity index (χ4n) is 6.07. The summed E-state index contributed by atoms with van der Waals surface area (Å²) in [7, 11) is 0. The Balaban J connectivity index is 1.37. The summed E-state index contributed by atoms with van der Waals surface area (Å²) in [6, 6.07) is 20.1. The largest absolute Gasteiger partial charge is 0.489 e. The Bertz CT molecular complexity index is 1360. The summed E-state index contributed by atoms with van der Waals surface area (Å²) in [5.41, 5.74) is 7.26. The van der Waals surface area contributed by atoms with Crippen LogP contribution in [0.5, 0.6) is 5.75 Å². The highest BCUT2D eigenvalue weighted by Crippen LogP contribution is 2.47. The van der Waals surface area contributed by atoms with Crippen LogP contribution in [0.4, 0.5) is 10.1 Å². The molecule has 3 aromatic rings. The number of allylic oxidation sites excluding steroid dienone is 2. The van der Waals surface area contributed by atoms with Crippen molar-refractivity contribution in [2.24, 2.45) is 5.41 Å². The molecule has 4 heteroatoms. The van der Waals surface area contributed by atoms with Gasteiger partial charge in [0, 0.05) is 30.3 Å². The Kier molecular flexibility index (Phi) is 7.43. The maximum Gasteiger partial charge on any atom is 0.131 e. The zero-order valence-electron chi connectivity index (χ0n) is 23.0. The van der Waals surface area contributed by atoms with E-state index in [1.54, 1.807) is 13.0 Å². The third-order valence-electron chi connectivity index (χ3n) is 8.11. The Morgan fingerprint density at radius 3 is 2.53 bits per heavy atom. The minimum absolute atomic E-state index is 0.0418. The van der Waals surface area contributed by atoms with Crippen molar-refractivity contribution in [3.63, 3.8) is 0 Å². The molecule has 0 saturated carbocycles. The lowest BCUT2D eigenvalue weighted by Crippen LogP contribution is -2.30. The number of aryl methyl sites for hydroxylation is 1. The lowest BCUT2D eigenvalue weighted by molar-refractivity contribution is -0.117. The monoisotopic (exact) mass is 511 g/mol. The highest BCUT2D eigenvalue weighted by atomic mass is 19.1. The number of anilines is 1. The molecule has 0 amide bonds. The predicted octanol–water partition coefficient (Wildman–Crippen LogP) is 8.53. The number of carbonyl (C=O) groups is 1. The molecule has 0 radical (unpaired) electrons. The maximum atomic E-state index is 15.0. The van der Waals surface area contributed by atoms with Gasteiger partial charge >= 0.3 is 0 Å². The maximum absolute atomic E-state index is 15.0. The molecule has 3 nitrogen and oxygen atoms in total. The van der Waals surface area contributed by atoms with Gasteiger partial charge < -0.3 is 9.64 Å². The van der Waals surface area contributed by atoms with Crippen molar-refractivity contribution < 1.29 is 13.9 Å². The molecule has 1 unspecified atom stereocenters. The molecule has 198 valence electrons. The molecule has 5 rings (SSSR count). The van der Waals surface area contributed by atoms with E-state index in [9.17, 15) is 9.18 Å². The zero-order chi connectivity index (χ0) is 26.9. The normalized spacial score (nSPS) is 18.5. The van der Waals surface area contributed by atoms with Crippen LogP contribution < -0.4 is 9.64 Å². The molecule has 3 aromatic carbocycles. The number of halogens is 1. The van der Waals surface area contributed by atoms with Gasteiger partial charge in [-0.05, 0) is 110 Å². The van der Waals surface area contributed by atoms with E-state index in [4.69, 9.17) is 4.74 Å². The topological polar surface area (TPSA) is 29.5 Å². The molecule has 2 aliphatic rings.